The van der Waals surface area contributed by atoms with Crippen LogP contribution in [-0.4, -0.2) is 48.4 Å². The van der Waals surface area contributed by atoms with Crippen molar-refractivity contribution < 1.29 is 18.3 Å². The Morgan fingerprint density at radius 2 is 2.31 bits per heavy atom. The molecule has 0 aromatic rings. The van der Waals surface area contributed by atoms with Crippen molar-refractivity contribution in [3.63, 3.8) is 0 Å². The number of carbonyl (C=O) groups excluding carboxylic acids is 1. The SMILES string of the molecule is CC1(C(=O)N(CCCl)CC(F)F)CCCO1. The van der Waals surface area contributed by atoms with Gasteiger partial charge >= 0.3 is 0 Å². The van der Waals surface area contributed by atoms with E-state index in [1.807, 2.05) is 0 Å². The summed E-state index contributed by atoms with van der Waals surface area (Å²) in [5.74, 6) is -0.236. The summed E-state index contributed by atoms with van der Waals surface area (Å²) in [7, 11) is 0. The molecule has 1 saturated heterocycles. The van der Waals surface area contributed by atoms with Gasteiger partial charge in [0.25, 0.3) is 12.3 Å². The largest absolute Gasteiger partial charge is 0.365 e. The van der Waals surface area contributed by atoms with Crippen molar-refractivity contribution in [2.75, 3.05) is 25.6 Å². The lowest BCUT2D eigenvalue weighted by Gasteiger charge is -2.30. The highest BCUT2D eigenvalue weighted by Gasteiger charge is 2.40. The van der Waals surface area contributed by atoms with Crippen molar-refractivity contribution in [2.45, 2.75) is 31.8 Å². The van der Waals surface area contributed by atoms with Gasteiger partial charge in [0, 0.05) is 19.0 Å². The van der Waals surface area contributed by atoms with Crippen LogP contribution < -0.4 is 0 Å². The van der Waals surface area contributed by atoms with Crippen LogP contribution in [0.15, 0.2) is 0 Å². The highest BCUT2D eigenvalue weighted by molar-refractivity contribution is 6.18. The van der Waals surface area contributed by atoms with Gasteiger partial charge in [-0.05, 0) is 19.8 Å². The number of rotatable bonds is 5. The van der Waals surface area contributed by atoms with Crippen LogP contribution in [0.25, 0.3) is 0 Å². The summed E-state index contributed by atoms with van der Waals surface area (Å²) in [4.78, 5) is 13.1. The van der Waals surface area contributed by atoms with E-state index in [0.29, 0.717) is 13.0 Å². The molecule has 1 rings (SSSR count). The molecule has 1 aliphatic rings. The summed E-state index contributed by atoms with van der Waals surface area (Å²) in [5, 5.41) is 0. The highest BCUT2D eigenvalue weighted by Crippen LogP contribution is 2.27. The molecule has 0 spiro atoms. The molecule has 0 N–H and O–H groups in total. The van der Waals surface area contributed by atoms with E-state index in [1.54, 1.807) is 6.92 Å². The molecule has 1 heterocycles. The van der Waals surface area contributed by atoms with Crippen molar-refractivity contribution in [3.8, 4) is 0 Å². The van der Waals surface area contributed by atoms with E-state index in [4.69, 9.17) is 16.3 Å². The Labute approximate surface area is 98.7 Å². The van der Waals surface area contributed by atoms with Crippen LogP contribution in [0.1, 0.15) is 19.8 Å². The summed E-state index contributed by atoms with van der Waals surface area (Å²) < 4.78 is 29.9. The first-order valence-electron chi connectivity index (χ1n) is 5.27. The number of nitrogens with zero attached hydrogens (tertiary/aromatic N) is 1. The van der Waals surface area contributed by atoms with Gasteiger partial charge in [0.1, 0.15) is 5.60 Å². The monoisotopic (exact) mass is 255 g/mol. The predicted octanol–water partition coefficient (Wildman–Crippen LogP) is 1.89. The van der Waals surface area contributed by atoms with Crippen molar-refractivity contribution in [2.24, 2.45) is 0 Å². The van der Waals surface area contributed by atoms with E-state index in [1.165, 1.54) is 0 Å². The summed E-state index contributed by atoms with van der Waals surface area (Å²) in [6.45, 7) is 1.70. The minimum Gasteiger partial charge on any atom is -0.365 e. The maximum atomic E-state index is 12.3. The lowest BCUT2D eigenvalue weighted by Crippen LogP contribution is -2.49. The topological polar surface area (TPSA) is 29.5 Å². The Kier molecular flexibility index (Phi) is 4.92. The maximum absolute atomic E-state index is 12.3. The van der Waals surface area contributed by atoms with Gasteiger partial charge in [-0.25, -0.2) is 8.78 Å². The number of ether oxygens (including phenoxy) is 1. The van der Waals surface area contributed by atoms with E-state index >= 15 is 0 Å². The van der Waals surface area contributed by atoms with Gasteiger partial charge in [0.2, 0.25) is 0 Å². The summed E-state index contributed by atoms with van der Waals surface area (Å²) in [6, 6.07) is 0. The van der Waals surface area contributed by atoms with Crippen molar-refractivity contribution in [1.29, 1.82) is 0 Å². The first-order chi connectivity index (χ1) is 7.49. The molecule has 0 aliphatic carbocycles. The average Bonchev–Trinajstić information content (AvgIpc) is 2.64. The molecule has 3 nitrogen and oxygen atoms in total. The molecule has 94 valence electrons. The molecule has 0 bridgehead atoms. The van der Waals surface area contributed by atoms with Crippen LogP contribution in [0.5, 0.6) is 0 Å². The van der Waals surface area contributed by atoms with E-state index in [2.05, 4.69) is 0 Å². The average molecular weight is 256 g/mol. The molecule has 0 radical (unpaired) electrons. The number of amides is 1. The minimum atomic E-state index is -2.54. The third kappa shape index (κ3) is 3.28. The lowest BCUT2D eigenvalue weighted by atomic mass is 10.0. The zero-order valence-corrected chi connectivity index (χ0v) is 9.97. The van der Waals surface area contributed by atoms with Gasteiger partial charge in [-0.15, -0.1) is 11.6 Å². The number of carbonyl (C=O) groups is 1. The molecular formula is C10H16ClF2NO2. The first-order valence-corrected chi connectivity index (χ1v) is 5.80. The molecule has 1 amide bonds. The molecule has 0 aromatic heterocycles. The first kappa shape index (κ1) is 13.6. The minimum absolute atomic E-state index is 0.129. The Morgan fingerprint density at radius 3 is 2.75 bits per heavy atom. The van der Waals surface area contributed by atoms with Gasteiger partial charge in [0.05, 0.1) is 6.54 Å². The van der Waals surface area contributed by atoms with Gasteiger partial charge in [-0.1, -0.05) is 0 Å². The Hall–Kier alpha value is -0.420. The number of halogens is 3. The van der Waals surface area contributed by atoms with Crippen LogP contribution >= 0.6 is 11.6 Å². The Balaban J connectivity index is 2.65. The van der Waals surface area contributed by atoms with Gasteiger partial charge < -0.3 is 9.64 Å². The van der Waals surface area contributed by atoms with Gasteiger partial charge in [0.15, 0.2) is 0 Å². The van der Waals surface area contributed by atoms with E-state index in [-0.39, 0.29) is 18.3 Å². The lowest BCUT2D eigenvalue weighted by molar-refractivity contribution is -0.152. The fraction of sp³-hybridized carbons (Fsp3) is 0.900. The number of alkyl halides is 3. The third-order valence-electron chi connectivity index (χ3n) is 2.67. The second-order valence-electron chi connectivity index (χ2n) is 4.01. The van der Waals surface area contributed by atoms with Gasteiger partial charge in [-0.3, -0.25) is 4.79 Å². The zero-order chi connectivity index (χ0) is 12.2. The predicted molar refractivity (Wildman–Crippen MR) is 56.9 cm³/mol. The maximum Gasteiger partial charge on any atom is 0.255 e. The van der Waals surface area contributed by atoms with Gasteiger partial charge in [-0.2, -0.15) is 0 Å². The molecule has 16 heavy (non-hydrogen) atoms. The summed E-state index contributed by atoms with van der Waals surface area (Å²) in [6.07, 6.45) is -1.18. The molecule has 0 aromatic carbocycles. The molecule has 1 unspecified atom stereocenters. The quantitative estimate of drug-likeness (QED) is 0.702. The van der Waals surface area contributed by atoms with Crippen LogP contribution in [0, 0.1) is 0 Å². The van der Waals surface area contributed by atoms with Crippen LogP contribution in [0.3, 0.4) is 0 Å². The van der Waals surface area contributed by atoms with E-state index < -0.39 is 18.6 Å². The summed E-state index contributed by atoms with van der Waals surface area (Å²) >= 11 is 5.50. The smallest absolute Gasteiger partial charge is 0.255 e. The van der Waals surface area contributed by atoms with E-state index in [9.17, 15) is 13.6 Å². The fourth-order valence-electron chi connectivity index (χ4n) is 1.83. The number of hydrogen-bond donors (Lipinski definition) is 0. The standard InChI is InChI=1S/C10H16ClF2NO2/c1-10(3-2-6-16-10)9(15)14(5-4-11)7-8(12)13/h8H,2-7H2,1H3. The molecule has 1 atom stereocenters. The second kappa shape index (κ2) is 5.77. The van der Waals surface area contributed by atoms with Crippen LogP contribution in [0.2, 0.25) is 0 Å². The molecule has 6 heteroatoms. The van der Waals surface area contributed by atoms with Crippen LogP contribution in [0.4, 0.5) is 8.78 Å². The van der Waals surface area contributed by atoms with Crippen molar-refractivity contribution in [3.05, 3.63) is 0 Å². The Morgan fingerprint density at radius 1 is 1.62 bits per heavy atom. The zero-order valence-electron chi connectivity index (χ0n) is 9.22. The second-order valence-corrected chi connectivity index (χ2v) is 4.39. The molecule has 1 aliphatic heterocycles. The van der Waals surface area contributed by atoms with Crippen molar-refractivity contribution >= 4 is 17.5 Å². The van der Waals surface area contributed by atoms with E-state index in [0.717, 1.165) is 11.3 Å². The van der Waals surface area contributed by atoms with Crippen LogP contribution in [-0.2, 0) is 9.53 Å². The number of hydrogen-bond acceptors (Lipinski definition) is 2. The third-order valence-corrected chi connectivity index (χ3v) is 2.84. The Bertz CT molecular complexity index is 245. The summed E-state index contributed by atoms with van der Waals surface area (Å²) in [5.41, 5.74) is -0.944. The molecular weight excluding hydrogens is 240 g/mol. The van der Waals surface area contributed by atoms with Crippen molar-refractivity contribution in [1.82, 2.24) is 4.90 Å². The normalized spacial score (nSPS) is 25.1. The molecule has 0 saturated carbocycles. The fourth-order valence-corrected chi connectivity index (χ4v) is 2.03. The molecule has 1 fully saturated rings. The highest BCUT2D eigenvalue weighted by atomic mass is 35.5.